The van der Waals surface area contributed by atoms with Gasteiger partial charge in [-0.1, -0.05) is 33.8 Å². The van der Waals surface area contributed by atoms with Gasteiger partial charge < -0.3 is 10.1 Å². The molecule has 0 spiro atoms. The number of thiophene rings is 1. The number of benzene rings is 1. The topological polar surface area (TPSA) is 119 Å². The third kappa shape index (κ3) is 6.98. The van der Waals surface area contributed by atoms with Crippen molar-refractivity contribution in [3.63, 3.8) is 0 Å². The molecular weight excluding hydrogens is 440 g/mol. The predicted octanol–water partition coefficient (Wildman–Crippen LogP) is 2.75. The average molecular weight is 467 g/mol. The molecule has 168 valence electrons. The average Bonchev–Trinajstić information content (AvgIpc) is 3.18. The minimum atomic E-state index is -3.71. The molecule has 0 unspecified atom stereocenters. The Hall–Kier alpha value is -2.56. The van der Waals surface area contributed by atoms with Crippen LogP contribution in [0, 0.1) is 5.41 Å². The Morgan fingerprint density at radius 3 is 2.45 bits per heavy atom. The molecule has 0 saturated heterocycles. The second kappa shape index (κ2) is 10.2. The molecule has 0 fully saturated rings. The molecule has 1 aromatic carbocycles. The van der Waals surface area contributed by atoms with Crippen molar-refractivity contribution in [2.75, 3.05) is 13.2 Å². The lowest BCUT2D eigenvalue weighted by molar-refractivity contribution is -0.128. The normalized spacial score (nSPS) is 11.7. The Bertz CT molecular complexity index is 1070. The molecule has 0 radical (unpaired) electrons. The maximum atomic E-state index is 12.3. The smallest absolute Gasteiger partial charge is 0.338 e. The van der Waals surface area contributed by atoms with Crippen LogP contribution in [0.15, 0.2) is 41.3 Å². The molecule has 0 aliphatic heterocycles. The number of esters is 1. The summed E-state index contributed by atoms with van der Waals surface area (Å²) in [5, 5.41) is 2.81. The number of Topliss-reactive ketones (excluding diaryl/α,β-unsaturated/α-hetero) is 1. The summed E-state index contributed by atoms with van der Waals surface area (Å²) in [6.07, 6.45) is 0. The predicted molar refractivity (Wildman–Crippen MR) is 118 cm³/mol. The summed E-state index contributed by atoms with van der Waals surface area (Å²) in [5.41, 5.74) is -0.476. The van der Waals surface area contributed by atoms with Crippen LogP contribution < -0.4 is 10.0 Å². The Labute approximate surface area is 186 Å². The maximum absolute atomic E-state index is 12.3. The zero-order valence-electron chi connectivity index (χ0n) is 17.9. The van der Waals surface area contributed by atoms with Crippen LogP contribution in [0.1, 0.15) is 52.6 Å². The van der Waals surface area contributed by atoms with Crippen molar-refractivity contribution in [3.05, 3.63) is 51.7 Å². The van der Waals surface area contributed by atoms with Crippen LogP contribution in [0.2, 0.25) is 0 Å². The lowest BCUT2D eigenvalue weighted by Gasteiger charge is -2.17. The number of hydrogen-bond donors (Lipinski definition) is 2. The molecule has 31 heavy (non-hydrogen) atoms. The number of carbonyl (C=O) groups excluding carboxylic acids is 3. The number of carbonyl (C=O) groups is 3. The van der Waals surface area contributed by atoms with Crippen LogP contribution in [-0.4, -0.2) is 39.2 Å². The number of ether oxygens (including phenoxy) is 1. The highest BCUT2D eigenvalue weighted by Gasteiger charge is 2.21. The first-order valence-corrected chi connectivity index (χ1v) is 11.9. The summed E-state index contributed by atoms with van der Waals surface area (Å²) in [4.78, 5) is 37.7. The monoisotopic (exact) mass is 466 g/mol. The standard InChI is InChI=1S/C21H26N2O6S2/c1-5-23-31(27,28)16-8-6-7-14(11-16)19(25)29-13-17(24)18-10-9-15(30-18)12-22-20(26)21(2,3)4/h6-11,23H,5,12-13H2,1-4H3,(H,22,26). The van der Waals surface area contributed by atoms with Crippen LogP contribution >= 0.6 is 11.3 Å². The highest BCUT2D eigenvalue weighted by molar-refractivity contribution is 7.89. The van der Waals surface area contributed by atoms with E-state index < -0.39 is 28.0 Å². The summed E-state index contributed by atoms with van der Waals surface area (Å²) >= 11 is 1.21. The third-order valence-electron chi connectivity index (χ3n) is 4.09. The molecule has 0 atom stereocenters. The van der Waals surface area contributed by atoms with Crippen LogP contribution in [-0.2, 0) is 26.1 Å². The molecule has 1 heterocycles. The zero-order chi connectivity index (χ0) is 23.2. The lowest BCUT2D eigenvalue weighted by Crippen LogP contribution is -2.34. The van der Waals surface area contributed by atoms with Crippen molar-refractivity contribution in [1.82, 2.24) is 10.0 Å². The van der Waals surface area contributed by atoms with Crippen LogP contribution in [0.25, 0.3) is 0 Å². The van der Waals surface area contributed by atoms with Gasteiger partial charge in [0.1, 0.15) is 0 Å². The summed E-state index contributed by atoms with van der Waals surface area (Å²) in [6, 6.07) is 8.76. The van der Waals surface area contributed by atoms with Gasteiger partial charge in [0.2, 0.25) is 21.7 Å². The maximum Gasteiger partial charge on any atom is 0.338 e. The second-order valence-electron chi connectivity index (χ2n) is 7.73. The van der Waals surface area contributed by atoms with E-state index >= 15 is 0 Å². The van der Waals surface area contributed by atoms with Crippen molar-refractivity contribution < 1.29 is 27.5 Å². The molecule has 0 bridgehead atoms. The Balaban J connectivity index is 1.95. The van der Waals surface area contributed by atoms with Crippen molar-refractivity contribution in [1.29, 1.82) is 0 Å². The van der Waals surface area contributed by atoms with Gasteiger partial charge in [0.05, 0.1) is 21.9 Å². The van der Waals surface area contributed by atoms with Crippen LogP contribution in [0.4, 0.5) is 0 Å². The number of nitrogens with one attached hydrogen (secondary N) is 2. The Morgan fingerprint density at radius 2 is 1.81 bits per heavy atom. The fraction of sp³-hybridized carbons (Fsp3) is 0.381. The van der Waals surface area contributed by atoms with E-state index in [1.54, 1.807) is 19.1 Å². The lowest BCUT2D eigenvalue weighted by atomic mass is 9.96. The van der Waals surface area contributed by atoms with E-state index in [-0.39, 0.29) is 28.7 Å². The number of ketones is 1. The molecular formula is C21H26N2O6S2. The fourth-order valence-electron chi connectivity index (χ4n) is 2.40. The van der Waals surface area contributed by atoms with Crippen LogP contribution in [0.3, 0.4) is 0 Å². The van der Waals surface area contributed by atoms with Crippen LogP contribution in [0.5, 0.6) is 0 Å². The van der Waals surface area contributed by atoms with Crippen molar-refractivity contribution in [2.45, 2.75) is 39.1 Å². The molecule has 10 heteroatoms. The zero-order valence-corrected chi connectivity index (χ0v) is 19.5. The molecule has 0 aliphatic carbocycles. The summed E-state index contributed by atoms with van der Waals surface area (Å²) in [6.45, 7) is 7.13. The van der Waals surface area contributed by atoms with E-state index in [0.717, 1.165) is 4.88 Å². The van der Waals surface area contributed by atoms with Gasteiger partial charge in [-0.3, -0.25) is 9.59 Å². The van der Waals surface area contributed by atoms with E-state index in [9.17, 15) is 22.8 Å². The third-order valence-corrected chi connectivity index (χ3v) is 6.76. The fourth-order valence-corrected chi connectivity index (χ4v) is 4.36. The minimum absolute atomic E-state index is 0.0311. The highest BCUT2D eigenvalue weighted by atomic mass is 32.2. The molecule has 8 nitrogen and oxygen atoms in total. The first kappa shape index (κ1) is 24.7. The molecule has 2 rings (SSSR count). The van der Waals surface area contributed by atoms with E-state index in [4.69, 9.17) is 4.74 Å². The SMILES string of the molecule is CCNS(=O)(=O)c1cccc(C(=O)OCC(=O)c2ccc(CNC(=O)C(C)(C)C)s2)c1. The minimum Gasteiger partial charge on any atom is -0.454 e. The van der Waals surface area contributed by atoms with Crippen molar-refractivity contribution in [3.8, 4) is 0 Å². The number of rotatable bonds is 9. The second-order valence-corrected chi connectivity index (χ2v) is 10.7. The quantitative estimate of drug-likeness (QED) is 0.433. The van der Waals surface area contributed by atoms with E-state index in [1.165, 1.54) is 35.6 Å². The van der Waals surface area contributed by atoms with Gasteiger partial charge in [0.15, 0.2) is 6.61 Å². The molecule has 1 amide bonds. The first-order chi connectivity index (χ1) is 14.4. The van der Waals surface area contributed by atoms with Gasteiger partial charge in [-0.15, -0.1) is 11.3 Å². The van der Waals surface area contributed by atoms with Gasteiger partial charge in [0.25, 0.3) is 0 Å². The van der Waals surface area contributed by atoms with Gasteiger partial charge >= 0.3 is 5.97 Å². The first-order valence-electron chi connectivity index (χ1n) is 9.61. The summed E-state index contributed by atoms with van der Waals surface area (Å²) < 4.78 is 31.5. The highest BCUT2D eigenvalue weighted by Crippen LogP contribution is 2.19. The van der Waals surface area contributed by atoms with E-state index in [1.807, 2.05) is 20.8 Å². The van der Waals surface area contributed by atoms with Gasteiger partial charge in [-0.25, -0.2) is 17.9 Å². The largest absolute Gasteiger partial charge is 0.454 e. The summed E-state index contributed by atoms with van der Waals surface area (Å²) in [7, 11) is -3.71. The van der Waals surface area contributed by atoms with Gasteiger partial charge in [-0.2, -0.15) is 0 Å². The van der Waals surface area contributed by atoms with Crippen molar-refractivity contribution in [2.24, 2.45) is 5.41 Å². The Kier molecular flexibility index (Phi) is 8.10. The van der Waals surface area contributed by atoms with Gasteiger partial charge in [0, 0.05) is 16.8 Å². The molecule has 1 aromatic heterocycles. The molecule has 0 aliphatic rings. The number of hydrogen-bond acceptors (Lipinski definition) is 7. The Morgan fingerprint density at radius 1 is 1.10 bits per heavy atom. The van der Waals surface area contributed by atoms with Gasteiger partial charge in [-0.05, 0) is 30.3 Å². The number of amides is 1. The molecule has 2 N–H and O–H groups in total. The summed E-state index contributed by atoms with van der Waals surface area (Å²) in [5.74, 6) is -1.28. The van der Waals surface area contributed by atoms with E-state index in [0.29, 0.717) is 11.4 Å². The molecule has 0 saturated carbocycles. The molecule has 2 aromatic rings. The van der Waals surface area contributed by atoms with E-state index in [2.05, 4.69) is 10.0 Å². The van der Waals surface area contributed by atoms with Crippen molar-refractivity contribution >= 4 is 39.0 Å². The number of sulfonamides is 1.